The van der Waals surface area contributed by atoms with Gasteiger partial charge in [0.2, 0.25) is 5.91 Å². The summed E-state index contributed by atoms with van der Waals surface area (Å²) in [5.41, 5.74) is 4.20. The van der Waals surface area contributed by atoms with Gasteiger partial charge < -0.3 is 25.6 Å². The van der Waals surface area contributed by atoms with Crippen molar-refractivity contribution in [3.05, 3.63) is 59.7 Å². The highest BCUT2D eigenvalue weighted by Gasteiger charge is 2.42. The van der Waals surface area contributed by atoms with Gasteiger partial charge in [-0.3, -0.25) is 9.59 Å². The molecule has 2 aromatic carbocycles. The summed E-state index contributed by atoms with van der Waals surface area (Å²) in [5, 5.41) is 23.5. The van der Waals surface area contributed by atoms with Crippen molar-refractivity contribution in [2.75, 3.05) is 19.8 Å². The van der Waals surface area contributed by atoms with Crippen LogP contribution in [0.4, 0.5) is 4.79 Å². The zero-order chi connectivity index (χ0) is 23.4. The van der Waals surface area contributed by atoms with Gasteiger partial charge in [0.1, 0.15) is 12.6 Å². The fraction of sp³-hybridized carbons (Fsp3) is 0.400. The Labute approximate surface area is 192 Å². The maximum absolute atomic E-state index is 12.6. The number of aliphatic hydroxyl groups is 1. The number of carboxylic acid groups (broad SMARTS) is 1. The van der Waals surface area contributed by atoms with Crippen LogP contribution in [0.15, 0.2) is 48.5 Å². The molecule has 2 aliphatic rings. The molecular weight excluding hydrogens is 424 g/mol. The van der Waals surface area contributed by atoms with Gasteiger partial charge in [0.05, 0.1) is 6.42 Å². The zero-order valence-electron chi connectivity index (χ0n) is 18.3. The molecule has 8 heteroatoms. The standard InChI is InChI=1S/C25H28N2O6/c28-12-11-25(9-10-25)15-26-23(31)21(13-22(29)30)27-24(32)33-14-20-18-7-3-1-5-16(18)17-6-2-4-8-19(17)20/h1-8,20-21,28H,9-15H2,(H,26,31)(H,27,32)(H,29,30). The van der Waals surface area contributed by atoms with E-state index in [1.165, 1.54) is 0 Å². The second kappa shape index (κ2) is 9.62. The van der Waals surface area contributed by atoms with Gasteiger partial charge in [-0.15, -0.1) is 0 Å². The fourth-order valence-corrected chi connectivity index (χ4v) is 4.49. The van der Waals surface area contributed by atoms with Crippen LogP contribution in [0.25, 0.3) is 11.1 Å². The van der Waals surface area contributed by atoms with Gasteiger partial charge in [0, 0.05) is 19.1 Å². The van der Waals surface area contributed by atoms with Gasteiger partial charge in [-0.25, -0.2) is 4.79 Å². The SMILES string of the molecule is O=C(O)CC(NC(=O)OCC1c2ccccc2-c2ccccc21)C(=O)NCC1(CCO)CC1. The molecule has 0 bridgehead atoms. The molecule has 174 valence electrons. The average Bonchev–Trinajstić information content (AvgIpc) is 3.50. The van der Waals surface area contributed by atoms with E-state index in [0.29, 0.717) is 13.0 Å². The number of amides is 2. The number of carboxylic acids is 1. The van der Waals surface area contributed by atoms with Crippen LogP contribution in [-0.2, 0) is 14.3 Å². The van der Waals surface area contributed by atoms with Gasteiger partial charge in [0.15, 0.2) is 0 Å². The minimum Gasteiger partial charge on any atom is -0.481 e. The molecule has 0 saturated heterocycles. The Balaban J connectivity index is 1.37. The predicted octanol–water partition coefficient (Wildman–Crippen LogP) is 2.65. The Morgan fingerprint density at radius 2 is 1.64 bits per heavy atom. The Hall–Kier alpha value is -3.39. The summed E-state index contributed by atoms with van der Waals surface area (Å²) >= 11 is 0. The summed E-state index contributed by atoms with van der Waals surface area (Å²) in [4.78, 5) is 36.3. The van der Waals surface area contributed by atoms with E-state index in [2.05, 4.69) is 10.6 Å². The maximum atomic E-state index is 12.6. The van der Waals surface area contributed by atoms with Crippen molar-refractivity contribution in [3.63, 3.8) is 0 Å². The van der Waals surface area contributed by atoms with Crippen LogP contribution >= 0.6 is 0 Å². The van der Waals surface area contributed by atoms with Crippen LogP contribution < -0.4 is 10.6 Å². The molecule has 0 spiro atoms. The van der Waals surface area contributed by atoms with E-state index in [9.17, 15) is 19.5 Å². The number of ether oxygens (including phenoxy) is 1. The smallest absolute Gasteiger partial charge is 0.407 e. The van der Waals surface area contributed by atoms with E-state index in [0.717, 1.165) is 35.1 Å². The third kappa shape index (κ3) is 5.17. The molecule has 2 aromatic rings. The van der Waals surface area contributed by atoms with E-state index in [1.807, 2.05) is 48.5 Å². The first kappa shape index (κ1) is 22.8. The molecule has 1 saturated carbocycles. The summed E-state index contributed by atoms with van der Waals surface area (Å²) < 4.78 is 5.44. The minimum absolute atomic E-state index is 0.0342. The number of carbonyl (C=O) groups excluding carboxylic acids is 2. The summed E-state index contributed by atoms with van der Waals surface area (Å²) in [5.74, 6) is -1.91. The van der Waals surface area contributed by atoms with Crippen molar-refractivity contribution in [1.29, 1.82) is 0 Å². The van der Waals surface area contributed by atoms with Gasteiger partial charge in [0.25, 0.3) is 0 Å². The van der Waals surface area contributed by atoms with Crippen molar-refractivity contribution in [1.82, 2.24) is 10.6 Å². The van der Waals surface area contributed by atoms with E-state index < -0.39 is 30.4 Å². The van der Waals surface area contributed by atoms with Gasteiger partial charge in [-0.1, -0.05) is 48.5 Å². The molecule has 0 aromatic heterocycles. The van der Waals surface area contributed by atoms with Crippen LogP contribution in [0.2, 0.25) is 0 Å². The summed E-state index contributed by atoms with van der Waals surface area (Å²) in [6.07, 6.45) is 0.989. The number of fused-ring (bicyclic) bond motifs is 3. The number of nitrogens with one attached hydrogen (secondary N) is 2. The fourth-order valence-electron chi connectivity index (χ4n) is 4.49. The molecule has 4 N–H and O–H groups in total. The monoisotopic (exact) mass is 452 g/mol. The number of aliphatic hydroxyl groups excluding tert-OH is 1. The minimum atomic E-state index is -1.25. The molecule has 1 fully saturated rings. The Bertz CT molecular complexity index is 1000. The third-order valence-corrected chi connectivity index (χ3v) is 6.57. The summed E-state index contributed by atoms with van der Waals surface area (Å²) in [6, 6.07) is 14.6. The van der Waals surface area contributed by atoms with E-state index in [4.69, 9.17) is 9.84 Å². The molecule has 1 atom stereocenters. The largest absolute Gasteiger partial charge is 0.481 e. The Morgan fingerprint density at radius 1 is 1.03 bits per heavy atom. The number of aliphatic carboxylic acids is 1. The summed E-state index contributed by atoms with van der Waals surface area (Å²) in [7, 11) is 0. The topological polar surface area (TPSA) is 125 Å². The molecule has 33 heavy (non-hydrogen) atoms. The molecule has 2 aliphatic carbocycles. The van der Waals surface area contributed by atoms with E-state index >= 15 is 0 Å². The first-order valence-electron chi connectivity index (χ1n) is 11.1. The lowest BCUT2D eigenvalue weighted by Crippen LogP contribution is -2.49. The predicted molar refractivity (Wildman–Crippen MR) is 121 cm³/mol. The first-order chi connectivity index (χ1) is 15.9. The van der Waals surface area contributed by atoms with Crippen LogP contribution in [0.3, 0.4) is 0 Å². The van der Waals surface area contributed by atoms with Crippen molar-refractivity contribution >= 4 is 18.0 Å². The van der Waals surface area contributed by atoms with Gasteiger partial charge in [-0.05, 0) is 46.9 Å². The van der Waals surface area contributed by atoms with Crippen molar-refractivity contribution < 1.29 is 29.3 Å². The highest BCUT2D eigenvalue weighted by molar-refractivity contribution is 5.89. The second-order valence-electron chi connectivity index (χ2n) is 8.81. The van der Waals surface area contributed by atoms with Crippen molar-refractivity contribution in [2.45, 2.75) is 37.6 Å². The molecule has 0 heterocycles. The lowest BCUT2D eigenvalue weighted by molar-refractivity contribution is -0.139. The number of rotatable bonds is 10. The number of hydrogen-bond donors (Lipinski definition) is 4. The number of alkyl carbamates (subject to hydrolysis) is 1. The molecule has 4 rings (SSSR count). The van der Waals surface area contributed by atoms with Crippen LogP contribution in [0.1, 0.15) is 42.7 Å². The van der Waals surface area contributed by atoms with Crippen LogP contribution in [0, 0.1) is 5.41 Å². The third-order valence-electron chi connectivity index (χ3n) is 6.57. The normalized spacial score (nSPS) is 16.3. The molecule has 1 unspecified atom stereocenters. The van der Waals surface area contributed by atoms with E-state index in [1.54, 1.807) is 0 Å². The van der Waals surface area contributed by atoms with Gasteiger partial charge >= 0.3 is 12.1 Å². The molecule has 8 nitrogen and oxygen atoms in total. The molecule has 2 amide bonds. The highest BCUT2D eigenvalue weighted by atomic mass is 16.5. The second-order valence-corrected chi connectivity index (χ2v) is 8.81. The zero-order valence-corrected chi connectivity index (χ0v) is 18.3. The number of hydrogen-bond acceptors (Lipinski definition) is 5. The summed E-state index contributed by atoms with van der Waals surface area (Å²) in [6.45, 7) is 0.447. The van der Waals surface area contributed by atoms with E-state index in [-0.39, 0.29) is 24.5 Å². The molecular formula is C25H28N2O6. The van der Waals surface area contributed by atoms with Crippen molar-refractivity contribution in [3.8, 4) is 11.1 Å². The number of carbonyl (C=O) groups is 3. The van der Waals surface area contributed by atoms with Crippen LogP contribution in [-0.4, -0.2) is 54.0 Å². The maximum Gasteiger partial charge on any atom is 0.407 e. The lowest BCUT2D eigenvalue weighted by Gasteiger charge is -2.20. The van der Waals surface area contributed by atoms with Crippen molar-refractivity contribution in [2.24, 2.45) is 5.41 Å². The van der Waals surface area contributed by atoms with Crippen LogP contribution in [0.5, 0.6) is 0 Å². The Morgan fingerprint density at radius 3 is 2.18 bits per heavy atom. The Kier molecular flexibility index (Phi) is 6.65. The lowest BCUT2D eigenvalue weighted by atomic mass is 9.98. The van der Waals surface area contributed by atoms with Gasteiger partial charge in [-0.2, -0.15) is 0 Å². The number of benzene rings is 2. The quantitative estimate of drug-likeness (QED) is 0.439. The molecule has 0 aliphatic heterocycles. The molecule has 0 radical (unpaired) electrons. The first-order valence-corrected chi connectivity index (χ1v) is 11.1. The average molecular weight is 453 g/mol. The highest BCUT2D eigenvalue weighted by Crippen LogP contribution is 2.48.